The molecule has 0 saturated heterocycles. The third-order valence-corrected chi connectivity index (χ3v) is 3.60. The number of carboxylic acids is 1. The smallest absolute Gasteiger partial charge is 0.328 e. The number of aliphatic carboxylic acids is 1. The van der Waals surface area contributed by atoms with Crippen LogP contribution in [-0.4, -0.2) is 35.2 Å². The van der Waals surface area contributed by atoms with Crippen molar-refractivity contribution in [2.24, 2.45) is 0 Å². The third-order valence-electron chi connectivity index (χ3n) is 2.50. The molecular weight excluding hydrogens is 198 g/mol. The maximum atomic E-state index is 10.2. The molecule has 0 aliphatic heterocycles. The van der Waals surface area contributed by atoms with Crippen molar-refractivity contribution >= 4 is 17.7 Å². The minimum Gasteiger partial charge on any atom is -0.478 e. The van der Waals surface area contributed by atoms with Gasteiger partial charge in [-0.05, 0) is 25.5 Å². The van der Waals surface area contributed by atoms with E-state index in [2.05, 4.69) is 11.6 Å². The SMILES string of the molecule is CSC1CCC(NC/C=C/C(=O)O)C1. The first-order valence-electron chi connectivity index (χ1n) is 4.88. The summed E-state index contributed by atoms with van der Waals surface area (Å²) < 4.78 is 0. The number of rotatable bonds is 5. The zero-order chi connectivity index (χ0) is 10.4. The minimum absolute atomic E-state index is 0.575. The van der Waals surface area contributed by atoms with Crippen LogP contribution in [0.5, 0.6) is 0 Å². The fraction of sp³-hybridized carbons (Fsp3) is 0.700. The lowest BCUT2D eigenvalue weighted by atomic mass is 10.2. The van der Waals surface area contributed by atoms with Gasteiger partial charge in [0.25, 0.3) is 0 Å². The first-order chi connectivity index (χ1) is 6.72. The Balaban J connectivity index is 2.11. The van der Waals surface area contributed by atoms with E-state index in [1.54, 1.807) is 6.08 Å². The van der Waals surface area contributed by atoms with E-state index in [4.69, 9.17) is 5.11 Å². The van der Waals surface area contributed by atoms with Gasteiger partial charge in [0.2, 0.25) is 0 Å². The molecule has 0 amide bonds. The Morgan fingerprint density at radius 2 is 2.43 bits per heavy atom. The summed E-state index contributed by atoms with van der Waals surface area (Å²) in [5, 5.41) is 12.5. The van der Waals surface area contributed by atoms with E-state index in [0.29, 0.717) is 12.6 Å². The summed E-state index contributed by atoms with van der Waals surface area (Å²) in [7, 11) is 0. The highest BCUT2D eigenvalue weighted by Crippen LogP contribution is 2.27. The second kappa shape index (κ2) is 6.09. The van der Waals surface area contributed by atoms with E-state index >= 15 is 0 Å². The summed E-state index contributed by atoms with van der Waals surface area (Å²) in [4.78, 5) is 10.2. The summed E-state index contributed by atoms with van der Waals surface area (Å²) in [5.74, 6) is -0.875. The minimum atomic E-state index is -0.875. The molecule has 80 valence electrons. The highest BCUT2D eigenvalue weighted by atomic mass is 32.2. The third kappa shape index (κ3) is 4.15. The van der Waals surface area contributed by atoms with Crippen LogP contribution < -0.4 is 5.32 Å². The molecule has 4 heteroatoms. The van der Waals surface area contributed by atoms with Crippen LogP contribution in [0.2, 0.25) is 0 Å². The standard InChI is InChI=1S/C10H17NO2S/c1-14-9-5-4-8(7-9)11-6-2-3-10(12)13/h2-3,8-9,11H,4-7H2,1H3,(H,12,13)/b3-2+. The van der Waals surface area contributed by atoms with Crippen LogP contribution in [0.4, 0.5) is 0 Å². The molecule has 0 aromatic rings. The van der Waals surface area contributed by atoms with Gasteiger partial charge in [-0.1, -0.05) is 6.08 Å². The lowest BCUT2D eigenvalue weighted by Crippen LogP contribution is -2.26. The lowest BCUT2D eigenvalue weighted by molar-refractivity contribution is -0.131. The molecule has 1 rings (SSSR count). The molecule has 1 aliphatic carbocycles. The van der Waals surface area contributed by atoms with Gasteiger partial charge in [0, 0.05) is 23.9 Å². The van der Waals surface area contributed by atoms with Crippen LogP contribution in [-0.2, 0) is 4.79 Å². The van der Waals surface area contributed by atoms with Crippen molar-refractivity contribution in [1.29, 1.82) is 0 Å². The van der Waals surface area contributed by atoms with E-state index in [1.807, 2.05) is 11.8 Å². The molecule has 0 heterocycles. The van der Waals surface area contributed by atoms with Gasteiger partial charge in [0.15, 0.2) is 0 Å². The molecule has 0 spiro atoms. The summed E-state index contributed by atoms with van der Waals surface area (Å²) in [5.41, 5.74) is 0. The van der Waals surface area contributed by atoms with Gasteiger partial charge in [0.1, 0.15) is 0 Å². The molecule has 14 heavy (non-hydrogen) atoms. The highest BCUT2D eigenvalue weighted by Gasteiger charge is 2.22. The van der Waals surface area contributed by atoms with Gasteiger partial charge < -0.3 is 10.4 Å². The Bertz CT molecular complexity index is 218. The Kier molecular flexibility index (Phi) is 5.04. The number of carboxylic acid groups (broad SMARTS) is 1. The van der Waals surface area contributed by atoms with Crippen molar-refractivity contribution in [3.8, 4) is 0 Å². The second-order valence-corrected chi connectivity index (χ2v) is 4.65. The van der Waals surface area contributed by atoms with Crippen molar-refractivity contribution < 1.29 is 9.90 Å². The van der Waals surface area contributed by atoms with Crippen LogP contribution in [0.3, 0.4) is 0 Å². The molecule has 2 atom stereocenters. The van der Waals surface area contributed by atoms with Crippen molar-refractivity contribution in [3.05, 3.63) is 12.2 Å². The van der Waals surface area contributed by atoms with Gasteiger partial charge in [-0.25, -0.2) is 4.79 Å². The molecule has 0 bridgehead atoms. The van der Waals surface area contributed by atoms with Gasteiger partial charge >= 0.3 is 5.97 Å². The van der Waals surface area contributed by atoms with Gasteiger partial charge in [-0.2, -0.15) is 11.8 Å². The first-order valence-corrected chi connectivity index (χ1v) is 6.17. The second-order valence-electron chi connectivity index (χ2n) is 3.52. The Hall–Kier alpha value is -0.480. The zero-order valence-electron chi connectivity index (χ0n) is 8.40. The van der Waals surface area contributed by atoms with Gasteiger partial charge in [-0.15, -0.1) is 0 Å². The first kappa shape index (κ1) is 11.6. The predicted octanol–water partition coefficient (Wildman–Crippen LogP) is 1.50. The molecule has 1 fully saturated rings. The monoisotopic (exact) mass is 215 g/mol. The van der Waals surface area contributed by atoms with Crippen molar-refractivity contribution in [2.45, 2.75) is 30.6 Å². The van der Waals surface area contributed by atoms with Crippen LogP contribution >= 0.6 is 11.8 Å². The fourth-order valence-electron chi connectivity index (χ4n) is 1.73. The summed E-state index contributed by atoms with van der Waals surface area (Å²) >= 11 is 1.93. The quantitative estimate of drug-likeness (QED) is 0.682. The average Bonchev–Trinajstić information content (AvgIpc) is 2.60. The Morgan fingerprint density at radius 1 is 1.64 bits per heavy atom. The topological polar surface area (TPSA) is 49.3 Å². The van der Waals surface area contributed by atoms with Crippen LogP contribution in [0, 0.1) is 0 Å². The van der Waals surface area contributed by atoms with Crippen molar-refractivity contribution in [3.63, 3.8) is 0 Å². The number of nitrogens with one attached hydrogen (secondary N) is 1. The summed E-state index contributed by atoms with van der Waals surface area (Å²) in [6.07, 6.45) is 8.70. The predicted molar refractivity (Wildman–Crippen MR) is 59.7 cm³/mol. The normalized spacial score (nSPS) is 27.2. The molecule has 0 aromatic heterocycles. The van der Waals surface area contributed by atoms with Crippen molar-refractivity contribution in [1.82, 2.24) is 5.32 Å². The molecule has 0 radical (unpaired) electrons. The summed E-state index contributed by atoms with van der Waals surface area (Å²) in [6, 6.07) is 0.575. The number of hydrogen-bond donors (Lipinski definition) is 2. The van der Waals surface area contributed by atoms with E-state index in [1.165, 1.54) is 25.3 Å². The number of carbonyl (C=O) groups is 1. The average molecular weight is 215 g/mol. The fourth-order valence-corrected chi connectivity index (χ4v) is 2.53. The molecular formula is C10H17NO2S. The molecule has 2 N–H and O–H groups in total. The highest BCUT2D eigenvalue weighted by molar-refractivity contribution is 7.99. The largest absolute Gasteiger partial charge is 0.478 e. The number of hydrogen-bond acceptors (Lipinski definition) is 3. The number of thioether (sulfide) groups is 1. The zero-order valence-corrected chi connectivity index (χ0v) is 9.22. The lowest BCUT2D eigenvalue weighted by Gasteiger charge is -2.10. The molecule has 1 saturated carbocycles. The van der Waals surface area contributed by atoms with E-state index in [9.17, 15) is 4.79 Å². The molecule has 2 unspecified atom stereocenters. The maximum absolute atomic E-state index is 10.2. The van der Waals surface area contributed by atoms with E-state index in [0.717, 1.165) is 5.25 Å². The summed E-state index contributed by atoms with van der Waals surface area (Å²) in [6.45, 7) is 0.665. The van der Waals surface area contributed by atoms with Crippen LogP contribution in [0.1, 0.15) is 19.3 Å². The van der Waals surface area contributed by atoms with E-state index < -0.39 is 5.97 Å². The Labute approximate surface area is 89.0 Å². The van der Waals surface area contributed by atoms with Gasteiger partial charge in [-0.3, -0.25) is 0 Å². The maximum Gasteiger partial charge on any atom is 0.328 e. The van der Waals surface area contributed by atoms with Gasteiger partial charge in [0.05, 0.1) is 0 Å². The van der Waals surface area contributed by atoms with Crippen molar-refractivity contribution in [2.75, 3.05) is 12.8 Å². The molecule has 1 aliphatic rings. The Morgan fingerprint density at radius 3 is 3.00 bits per heavy atom. The van der Waals surface area contributed by atoms with Crippen LogP contribution in [0.15, 0.2) is 12.2 Å². The molecule has 3 nitrogen and oxygen atoms in total. The molecule has 0 aromatic carbocycles. The van der Waals surface area contributed by atoms with Crippen LogP contribution in [0.25, 0.3) is 0 Å². The van der Waals surface area contributed by atoms with E-state index in [-0.39, 0.29) is 0 Å².